The Morgan fingerprint density at radius 2 is 2.20 bits per heavy atom. The molecule has 0 bridgehead atoms. The number of nitrogens with zero attached hydrogens (tertiary/aromatic N) is 1. The molecule has 0 aromatic heterocycles. The molecular weight excluding hydrogens is 284 g/mol. The lowest BCUT2D eigenvalue weighted by Crippen LogP contribution is -2.27. The molecule has 1 atom stereocenters. The van der Waals surface area contributed by atoms with Gasteiger partial charge in [-0.1, -0.05) is 0 Å². The van der Waals surface area contributed by atoms with Crippen LogP contribution in [0.25, 0.3) is 0 Å². The molecule has 110 valence electrons. The lowest BCUT2D eigenvalue weighted by atomic mass is 10.1. The van der Waals surface area contributed by atoms with E-state index in [0.717, 1.165) is 0 Å². The molecule has 1 unspecified atom stereocenters. The molecular formula is C12H16N2O5S. The zero-order chi connectivity index (χ0) is 14.9. The Bertz CT molecular complexity index is 629. The van der Waals surface area contributed by atoms with Gasteiger partial charge in [0.2, 0.25) is 15.9 Å². The Morgan fingerprint density at radius 1 is 1.50 bits per heavy atom. The van der Waals surface area contributed by atoms with Gasteiger partial charge in [0.25, 0.3) is 0 Å². The summed E-state index contributed by atoms with van der Waals surface area (Å²) in [6.45, 7) is 0.204. The van der Waals surface area contributed by atoms with Gasteiger partial charge in [0, 0.05) is 24.9 Å². The van der Waals surface area contributed by atoms with Gasteiger partial charge in [-0.15, -0.1) is 0 Å². The number of ether oxygens (including phenoxy) is 1. The third-order valence-corrected chi connectivity index (χ3v) is 4.08. The third-order valence-electron chi connectivity index (χ3n) is 3.15. The van der Waals surface area contributed by atoms with Gasteiger partial charge >= 0.3 is 0 Å². The average molecular weight is 300 g/mol. The fourth-order valence-electron chi connectivity index (χ4n) is 2.30. The quantitative estimate of drug-likeness (QED) is 0.816. The SMILES string of the molecule is COc1ccc(O)c(N2CC(CS(N)(=O)=O)CC2=O)c1. The lowest BCUT2D eigenvalue weighted by molar-refractivity contribution is -0.117. The maximum atomic E-state index is 12.0. The van der Waals surface area contributed by atoms with E-state index in [4.69, 9.17) is 9.88 Å². The van der Waals surface area contributed by atoms with Crippen molar-refractivity contribution in [1.82, 2.24) is 0 Å². The highest BCUT2D eigenvalue weighted by Gasteiger charge is 2.34. The number of methoxy groups -OCH3 is 1. The van der Waals surface area contributed by atoms with Gasteiger partial charge in [-0.2, -0.15) is 0 Å². The van der Waals surface area contributed by atoms with Gasteiger partial charge in [0.1, 0.15) is 11.5 Å². The van der Waals surface area contributed by atoms with E-state index in [0.29, 0.717) is 11.4 Å². The molecule has 7 nitrogen and oxygen atoms in total. The van der Waals surface area contributed by atoms with Crippen molar-refractivity contribution in [3.05, 3.63) is 18.2 Å². The Hall–Kier alpha value is -1.80. The topological polar surface area (TPSA) is 110 Å². The molecule has 1 aliphatic rings. The number of rotatable bonds is 4. The Kier molecular flexibility index (Phi) is 3.87. The van der Waals surface area contributed by atoms with Crippen molar-refractivity contribution < 1.29 is 23.1 Å². The van der Waals surface area contributed by atoms with Crippen LogP contribution in [0.3, 0.4) is 0 Å². The number of benzene rings is 1. The molecule has 3 N–H and O–H groups in total. The number of sulfonamides is 1. The van der Waals surface area contributed by atoms with Crippen molar-refractivity contribution in [1.29, 1.82) is 0 Å². The van der Waals surface area contributed by atoms with Crippen LogP contribution in [0.1, 0.15) is 6.42 Å². The summed E-state index contributed by atoms with van der Waals surface area (Å²) in [5.74, 6) is -0.429. The maximum absolute atomic E-state index is 12.0. The van der Waals surface area contributed by atoms with Crippen molar-refractivity contribution in [2.45, 2.75) is 6.42 Å². The van der Waals surface area contributed by atoms with Crippen LogP contribution in [0.15, 0.2) is 18.2 Å². The number of anilines is 1. The third kappa shape index (κ3) is 3.20. The van der Waals surface area contributed by atoms with Crippen LogP contribution < -0.4 is 14.8 Å². The van der Waals surface area contributed by atoms with Gasteiger partial charge in [-0.25, -0.2) is 13.6 Å². The van der Waals surface area contributed by atoms with Crippen LogP contribution in [0.4, 0.5) is 5.69 Å². The molecule has 2 rings (SSSR count). The molecule has 1 heterocycles. The largest absolute Gasteiger partial charge is 0.506 e. The van der Waals surface area contributed by atoms with E-state index in [-0.39, 0.29) is 36.3 Å². The highest BCUT2D eigenvalue weighted by atomic mass is 32.2. The van der Waals surface area contributed by atoms with E-state index in [1.165, 1.54) is 24.1 Å². The van der Waals surface area contributed by atoms with Gasteiger partial charge in [-0.3, -0.25) is 4.79 Å². The first kappa shape index (κ1) is 14.6. The molecule has 8 heteroatoms. The number of hydrogen-bond acceptors (Lipinski definition) is 5. The second kappa shape index (κ2) is 5.29. The fourth-order valence-corrected chi connectivity index (χ4v) is 3.18. The summed E-state index contributed by atoms with van der Waals surface area (Å²) in [6.07, 6.45) is 0.0904. The fraction of sp³-hybridized carbons (Fsp3) is 0.417. The minimum absolute atomic E-state index is 0.0598. The second-order valence-electron chi connectivity index (χ2n) is 4.76. The molecule has 1 aromatic carbocycles. The van der Waals surface area contributed by atoms with E-state index < -0.39 is 10.0 Å². The van der Waals surface area contributed by atoms with Crippen molar-refractivity contribution in [3.8, 4) is 11.5 Å². The molecule has 0 saturated carbocycles. The highest BCUT2D eigenvalue weighted by Crippen LogP contribution is 2.35. The summed E-state index contributed by atoms with van der Waals surface area (Å²) < 4.78 is 27.2. The summed E-state index contributed by atoms with van der Waals surface area (Å²) in [6, 6.07) is 4.53. The zero-order valence-electron chi connectivity index (χ0n) is 10.9. The van der Waals surface area contributed by atoms with Crippen molar-refractivity contribution in [3.63, 3.8) is 0 Å². The Labute approximate surface area is 117 Å². The smallest absolute Gasteiger partial charge is 0.227 e. The molecule has 1 saturated heterocycles. The van der Waals surface area contributed by atoms with E-state index in [2.05, 4.69) is 0 Å². The second-order valence-corrected chi connectivity index (χ2v) is 6.42. The van der Waals surface area contributed by atoms with Crippen LogP contribution in [-0.4, -0.2) is 38.8 Å². The normalized spacial score (nSPS) is 19.4. The summed E-state index contributed by atoms with van der Waals surface area (Å²) in [5, 5.41) is 14.8. The van der Waals surface area contributed by atoms with Crippen molar-refractivity contribution >= 4 is 21.6 Å². The van der Waals surface area contributed by atoms with Crippen molar-refractivity contribution in [2.24, 2.45) is 11.1 Å². The predicted molar refractivity (Wildman–Crippen MR) is 73.1 cm³/mol. The van der Waals surface area contributed by atoms with Crippen LogP contribution in [0.2, 0.25) is 0 Å². The molecule has 20 heavy (non-hydrogen) atoms. The number of hydrogen-bond donors (Lipinski definition) is 2. The van der Waals surface area contributed by atoms with Gasteiger partial charge in [0.05, 0.1) is 18.6 Å². The Balaban J connectivity index is 2.24. The molecule has 1 aromatic rings. The van der Waals surface area contributed by atoms with E-state index in [1.807, 2.05) is 0 Å². The number of amides is 1. The average Bonchev–Trinajstić information content (AvgIpc) is 2.68. The van der Waals surface area contributed by atoms with Crippen LogP contribution in [0.5, 0.6) is 11.5 Å². The molecule has 1 aliphatic heterocycles. The van der Waals surface area contributed by atoms with Crippen molar-refractivity contribution in [2.75, 3.05) is 24.3 Å². The summed E-state index contributed by atoms with van der Waals surface area (Å²) in [4.78, 5) is 13.3. The molecule has 1 amide bonds. The summed E-state index contributed by atoms with van der Waals surface area (Å²) in [7, 11) is -2.15. The number of primary sulfonamides is 1. The molecule has 0 spiro atoms. The maximum Gasteiger partial charge on any atom is 0.227 e. The minimum atomic E-state index is -3.63. The van der Waals surface area contributed by atoms with Crippen LogP contribution >= 0.6 is 0 Å². The first-order valence-electron chi connectivity index (χ1n) is 5.98. The van der Waals surface area contributed by atoms with E-state index in [9.17, 15) is 18.3 Å². The summed E-state index contributed by atoms with van der Waals surface area (Å²) in [5.41, 5.74) is 0.311. The van der Waals surface area contributed by atoms with E-state index >= 15 is 0 Å². The standard InChI is InChI=1S/C12H16N2O5S/c1-19-9-2-3-11(15)10(5-9)14-6-8(4-12(14)16)7-20(13,17)18/h2-3,5,8,15H,4,6-7H2,1H3,(H2,13,17,18). The van der Waals surface area contributed by atoms with Gasteiger partial charge < -0.3 is 14.7 Å². The monoisotopic (exact) mass is 300 g/mol. The van der Waals surface area contributed by atoms with Crippen LogP contribution in [0, 0.1) is 5.92 Å². The number of phenolic OH excluding ortho intramolecular Hbond substituents is 1. The van der Waals surface area contributed by atoms with E-state index in [1.54, 1.807) is 6.07 Å². The number of phenols is 1. The van der Waals surface area contributed by atoms with Gasteiger partial charge in [0.15, 0.2) is 0 Å². The number of carbonyl (C=O) groups excluding carboxylic acids is 1. The number of nitrogens with two attached hydrogens (primary N) is 1. The zero-order valence-corrected chi connectivity index (χ0v) is 11.8. The minimum Gasteiger partial charge on any atom is -0.506 e. The van der Waals surface area contributed by atoms with Gasteiger partial charge in [-0.05, 0) is 12.1 Å². The first-order chi connectivity index (χ1) is 9.30. The lowest BCUT2D eigenvalue weighted by Gasteiger charge is -2.18. The molecule has 0 radical (unpaired) electrons. The number of aromatic hydroxyl groups is 1. The molecule has 0 aliphatic carbocycles. The number of carbonyl (C=O) groups is 1. The Morgan fingerprint density at radius 3 is 2.80 bits per heavy atom. The predicted octanol–water partition coefficient (Wildman–Crippen LogP) is 0.0422. The molecule has 1 fully saturated rings. The summed E-state index contributed by atoms with van der Waals surface area (Å²) >= 11 is 0. The first-order valence-corrected chi connectivity index (χ1v) is 7.69. The van der Waals surface area contributed by atoms with Crippen LogP contribution in [-0.2, 0) is 14.8 Å². The highest BCUT2D eigenvalue weighted by molar-refractivity contribution is 7.89.